The predicted molar refractivity (Wildman–Crippen MR) is 194 cm³/mol. The van der Waals surface area contributed by atoms with Crippen LogP contribution in [-0.2, 0) is 10.9 Å². The zero-order valence-corrected chi connectivity index (χ0v) is 32.1. The molecule has 0 atom stereocenters. The molecule has 0 spiro atoms. The van der Waals surface area contributed by atoms with Gasteiger partial charge in [-0.2, -0.15) is 0 Å². The van der Waals surface area contributed by atoms with Gasteiger partial charge < -0.3 is 9.44 Å². The van der Waals surface area contributed by atoms with Crippen molar-refractivity contribution in [3.63, 3.8) is 0 Å². The molecule has 1 aromatic heterocycles. The molecule has 0 radical (unpaired) electrons. The van der Waals surface area contributed by atoms with E-state index in [1.165, 1.54) is 67.6 Å². The van der Waals surface area contributed by atoms with Gasteiger partial charge in [-0.1, -0.05) is 113 Å². The SMILES string of the molecule is CCCCCCCCCCCCOc1ccc(Cl)c2c(=O)c3cc([S+](c4ccccc4)c4ccccc4)ccc3sc12.[F-].[F][Sb]([F])([F])([F])[F]. The van der Waals surface area contributed by atoms with Crippen molar-refractivity contribution >= 4 is 74.3 Å². The van der Waals surface area contributed by atoms with Crippen LogP contribution in [0.15, 0.2) is 110 Å². The fourth-order valence-electron chi connectivity index (χ4n) is 5.41. The maximum absolute atomic E-state index is 13.9. The van der Waals surface area contributed by atoms with Crippen LogP contribution in [0.1, 0.15) is 71.1 Å². The first-order valence-corrected chi connectivity index (χ1v) is 23.4. The van der Waals surface area contributed by atoms with Gasteiger partial charge in [0.05, 0.1) is 32.6 Å². The van der Waals surface area contributed by atoms with Crippen LogP contribution in [0.25, 0.3) is 20.2 Å². The predicted octanol–water partition coefficient (Wildman–Crippen LogP) is 10.2. The van der Waals surface area contributed by atoms with Gasteiger partial charge in [0.2, 0.25) is 0 Å². The van der Waals surface area contributed by atoms with Crippen LogP contribution in [-0.4, -0.2) is 26.9 Å². The molecule has 0 aliphatic heterocycles. The molecule has 266 valence electrons. The molecule has 0 fully saturated rings. The Hall–Kier alpha value is -2.39. The molecule has 4 aromatic carbocycles. The molecule has 0 aliphatic rings. The van der Waals surface area contributed by atoms with E-state index in [1.54, 1.807) is 17.4 Å². The van der Waals surface area contributed by atoms with Gasteiger partial charge in [-0.05, 0) is 55.0 Å². The van der Waals surface area contributed by atoms with Gasteiger partial charge in [-0.3, -0.25) is 4.79 Å². The van der Waals surface area contributed by atoms with Crippen molar-refractivity contribution in [2.45, 2.75) is 85.8 Å². The standard InChI is InChI=1S/C37H40ClO2S2.6FH.Sb/c1-2-3-4-5-6-7-8-9-10-17-26-40-33-24-23-32(38)35-36(39)31-27-30(22-25-34(31)41-37(33)35)42(28-18-13-11-14-19-28)29-20-15-12-16-21-29;;;;;;;/h11-16,18-25,27H,2-10,17,26H2,1H3;6*1H;/q+1;;;;;;;+5/p-6. The molecule has 0 amide bonds. The summed E-state index contributed by atoms with van der Waals surface area (Å²) >= 11 is -0.941. The molecule has 0 saturated heterocycles. The van der Waals surface area contributed by atoms with Crippen LogP contribution in [0.4, 0.5) is 14.1 Å². The van der Waals surface area contributed by atoms with Crippen molar-refractivity contribution in [3.8, 4) is 5.75 Å². The average Bonchev–Trinajstić information content (AvgIpc) is 3.05. The first-order valence-electron chi connectivity index (χ1n) is 16.2. The van der Waals surface area contributed by atoms with Crippen molar-refractivity contribution in [1.82, 2.24) is 0 Å². The summed E-state index contributed by atoms with van der Waals surface area (Å²) in [4.78, 5) is 17.5. The maximum atomic E-state index is 13.9. The van der Waals surface area contributed by atoms with E-state index in [9.17, 15) is 18.9 Å². The van der Waals surface area contributed by atoms with Gasteiger partial charge in [-0.15, -0.1) is 11.3 Å². The fourth-order valence-corrected chi connectivity index (χ4v) is 8.97. The van der Waals surface area contributed by atoms with Crippen molar-refractivity contribution in [2.24, 2.45) is 0 Å². The van der Waals surface area contributed by atoms with Crippen molar-refractivity contribution < 1.29 is 23.5 Å². The van der Waals surface area contributed by atoms with Gasteiger partial charge in [0.25, 0.3) is 0 Å². The number of unbranched alkanes of at least 4 members (excludes halogenated alkanes) is 9. The van der Waals surface area contributed by atoms with Crippen LogP contribution in [0.5, 0.6) is 5.75 Å². The zero-order chi connectivity index (χ0) is 34.6. The number of rotatable bonds is 15. The zero-order valence-electron chi connectivity index (χ0n) is 27.2. The van der Waals surface area contributed by atoms with Crippen LogP contribution in [0.2, 0.25) is 5.02 Å². The molecular weight excluding hydrogens is 812 g/mol. The molecule has 0 aliphatic carbocycles. The van der Waals surface area contributed by atoms with Crippen molar-refractivity contribution in [2.75, 3.05) is 6.61 Å². The Labute approximate surface area is 300 Å². The normalized spacial score (nSPS) is 12.2. The summed E-state index contributed by atoms with van der Waals surface area (Å²) in [5.41, 5.74) is -0.0281. The molecule has 12 heteroatoms. The monoisotopic (exact) mass is 850 g/mol. The minimum atomic E-state index is -9.19. The number of halogens is 7. The minimum absolute atomic E-state index is 0. The van der Waals surface area contributed by atoms with Crippen LogP contribution < -0.4 is 14.9 Å². The summed E-state index contributed by atoms with van der Waals surface area (Å²) < 4.78 is 57.6. The average molecular weight is 852 g/mol. The van der Waals surface area contributed by atoms with E-state index in [0.29, 0.717) is 22.4 Å². The molecular formula is C37H40ClF6O2S2Sb. The third-order valence-corrected chi connectivity index (χ3v) is 11.4. The second kappa shape index (κ2) is 19.3. The van der Waals surface area contributed by atoms with Crippen LogP contribution >= 0.6 is 22.9 Å². The van der Waals surface area contributed by atoms with E-state index >= 15 is 0 Å². The first kappa shape index (κ1) is 41.0. The summed E-state index contributed by atoms with van der Waals surface area (Å²) in [6.07, 6.45) is 12.9. The second-order valence-corrected chi connectivity index (χ2v) is 18.6. The Morgan fingerprint density at radius 1 is 0.694 bits per heavy atom. The Bertz CT molecular complexity index is 1760. The third-order valence-electron chi connectivity index (χ3n) is 7.65. The van der Waals surface area contributed by atoms with Crippen LogP contribution in [0.3, 0.4) is 0 Å². The third kappa shape index (κ3) is 13.3. The number of ether oxygens (including phenoxy) is 1. The number of hydrogen-bond acceptors (Lipinski definition) is 3. The topological polar surface area (TPSA) is 26.3 Å². The van der Waals surface area contributed by atoms with Crippen LogP contribution in [0, 0.1) is 0 Å². The van der Waals surface area contributed by atoms with Gasteiger partial charge >= 0.3 is 34.4 Å². The number of hydrogen-bond donors (Lipinski definition) is 0. The summed E-state index contributed by atoms with van der Waals surface area (Å²) in [7, 11) is -0.326. The summed E-state index contributed by atoms with van der Waals surface area (Å²) in [6, 6.07) is 31.1. The second-order valence-electron chi connectivity index (χ2n) is 11.4. The molecule has 0 unspecified atom stereocenters. The van der Waals surface area contributed by atoms with Gasteiger partial charge in [-0.25, -0.2) is 0 Å². The Morgan fingerprint density at radius 2 is 1.20 bits per heavy atom. The quantitative estimate of drug-likeness (QED) is 0.0345. The van der Waals surface area contributed by atoms with E-state index < -0.39 is 20.3 Å². The number of fused-ring (bicyclic) bond motifs is 2. The molecule has 0 bridgehead atoms. The van der Waals surface area contributed by atoms with Gasteiger partial charge in [0, 0.05) is 16.2 Å². The summed E-state index contributed by atoms with van der Waals surface area (Å²) in [6.45, 7) is 2.92. The molecule has 5 rings (SSSR count). The Balaban J connectivity index is 0.000000853. The number of benzene rings is 4. The van der Waals surface area contributed by atoms with Gasteiger partial charge in [0.1, 0.15) is 5.75 Å². The molecule has 2 nitrogen and oxygen atoms in total. The Kier molecular flexibility index (Phi) is 16.1. The summed E-state index contributed by atoms with van der Waals surface area (Å²) in [5, 5.41) is 1.75. The van der Waals surface area contributed by atoms with E-state index in [-0.39, 0.29) is 21.0 Å². The fraction of sp³-hybridized carbons (Fsp3) is 0.324. The molecule has 0 saturated carbocycles. The molecule has 0 N–H and O–H groups in total. The first-order chi connectivity index (χ1) is 22.9. The Morgan fingerprint density at radius 3 is 1.73 bits per heavy atom. The van der Waals surface area contributed by atoms with E-state index in [4.69, 9.17) is 16.3 Å². The van der Waals surface area contributed by atoms with Gasteiger partial charge in [0.15, 0.2) is 20.1 Å². The van der Waals surface area contributed by atoms with E-state index in [2.05, 4.69) is 73.7 Å². The van der Waals surface area contributed by atoms with E-state index in [0.717, 1.165) is 26.5 Å². The van der Waals surface area contributed by atoms with Crippen molar-refractivity contribution in [3.05, 3.63) is 106 Å². The van der Waals surface area contributed by atoms with Crippen molar-refractivity contribution in [1.29, 1.82) is 0 Å². The summed E-state index contributed by atoms with van der Waals surface area (Å²) in [5.74, 6) is 0.756. The molecule has 49 heavy (non-hydrogen) atoms. The molecule has 5 aromatic rings. The van der Waals surface area contributed by atoms with E-state index in [1.807, 2.05) is 18.2 Å². The molecule has 1 heterocycles.